The maximum atomic E-state index is 13.0. The van der Waals surface area contributed by atoms with Gasteiger partial charge in [-0.25, -0.2) is 0 Å². The lowest BCUT2D eigenvalue weighted by atomic mass is 10.1. The number of carbonyl (C=O) groups excluding carboxylic acids is 1. The fraction of sp³-hybridized carbons (Fsp3) is 0.143. The van der Waals surface area contributed by atoms with Crippen LogP contribution >= 0.6 is 0 Å². The van der Waals surface area contributed by atoms with E-state index in [1.165, 1.54) is 0 Å². The first-order valence-electron chi connectivity index (χ1n) is 8.13. The van der Waals surface area contributed by atoms with E-state index in [-0.39, 0.29) is 5.91 Å². The molecular formula is C21H20N2O2. The zero-order valence-electron chi connectivity index (χ0n) is 14.1. The van der Waals surface area contributed by atoms with Gasteiger partial charge in [0.15, 0.2) is 0 Å². The van der Waals surface area contributed by atoms with Gasteiger partial charge in [-0.3, -0.25) is 9.78 Å². The van der Waals surface area contributed by atoms with Crippen LogP contribution < -0.4 is 9.64 Å². The monoisotopic (exact) mass is 332 g/mol. The molecule has 1 aromatic heterocycles. The first kappa shape index (κ1) is 16.7. The molecule has 0 radical (unpaired) electrons. The lowest BCUT2D eigenvalue weighted by Crippen LogP contribution is -2.31. The second-order valence-electron chi connectivity index (χ2n) is 5.71. The number of benzene rings is 2. The highest BCUT2D eigenvalue weighted by Gasteiger charge is 2.17. The average molecular weight is 332 g/mol. The molecule has 0 saturated heterocycles. The predicted molar refractivity (Wildman–Crippen MR) is 98.6 cm³/mol. The van der Waals surface area contributed by atoms with E-state index in [1.807, 2.05) is 66.7 Å². The lowest BCUT2D eigenvalue weighted by Gasteiger charge is -2.23. The number of hydrogen-bond acceptors (Lipinski definition) is 3. The van der Waals surface area contributed by atoms with Gasteiger partial charge in [-0.2, -0.15) is 0 Å². The van der Waals surface area contributed by atoms with Crippen LogP contribution in [0.2, 0.25) is 0 Å². The molecule has 3 rings (SSSR count). The van der Waals surface area contributed by atoms with E-state index in [2.05, 4.69) is 4.98 Å². The maximum absolute atomic E-state index is 13.0. The Hall–Kier alpha value is -3.14. The molecule has 25 heavy (non-hydrogen) atoms. The van der Waals surface area contributed by atoms with Gasteiger partial charge in [0, 0.05) is 24.1 Å². The Morgan fingerprint density at radius 2 is 1.80 bits per heavy atom. The minimum atomic E-state index is 0.0308. The van der Waals surface area contributed by atoms with E-state index >= 15 is 0 Å². The Morgan fingerprint density at radius 3 is 2.52 bits per heavy atom. The maximum Gasteiger partial charge on any atom is 0.231 e. The Labute approximate surface area is 147 Å². The molecule has 0 aliphatic heterocycles. The van der Waals surface area contributed by atoms with Crippen LogP contribution in [-0.4, -0.2) is 18.0 Å². The van der Waals surface area contributed by atoms with Crippen LogP contribution in [0.3, 0.4) is 0 Å². The van der Waals surface area contributed by atoms with Gasteiger partial charge in [-0.15, -0.1) is 0 Å². The van der Waals surface area contributed by atoms with Crippen LogP contribution in [0.25, 0.3) is 0 Å². The van der Waals surface area contributed by atoms with Crippen molar-refractivity contribution < 1.29 is 9.53 Å². The van der Waals surface area contributed by atoms with Crippen molar-refractivity contribution in [2.24, 2.45) is 0 Å². The van der Waals surface area contributed by atoms with Crippen molar-refractivity contribution in [3.8, 4) is 5.75 Å². The van der Waals surface area contributed by atoms with Crippen LogP contribution in [0.15, 0.2) is 79.1 Å². The first-order valence-corrected chi connectivity index (χ1v) is 8.13. The summed E-state index contributed by atoms with van der Waals surface area (Å²) < 4.78 is 5.30. The number of aromatic nitrogens is 1. The number of ether oxygens (including phenoxy) is 1. The van der Waals surface area contributed by atoms with Crippen molar-refractivity contribution in [1.82, 2.24) is 4.98 Å². The highest BCUT2D eigenvalue weighted by atomic mass is 16.5. The van der Waals surface area contributed by atoms with Crippen molar-refractivity contribution in [3.05, 3.63) is 90.3 Å². The van der Waals surface area contributed by atoms with Crippen molar-refractivity contribution in [3.63, 3.8) is 0 Å². The minimum absolute atomic E-state index is 0.0308. The van der Waals surface area contributed by atoms with Crippen LogP contribution in [0.4, 0.5) is 5.69 Å². The molecular weight excluding hydrogens is 312 g/mol. The van der Waals surface area contributed by atoms with Gasteiger partial charge >= 0.3 is 0 Å². The second-order valence-corrected chi connectivity index (χ2v) is 5.71. The van der Waals surface area contributed by atoms with E-state index in [1.54, 1.807) is 24.4 Å². The predicted octanol–water partition coefficient (Wildman–Crippen LogP) is 3.87. The molecule has 0 saturated carbocycles. The van der Waals surface area contributed by atoms with Crippen molar-refractivity contribution >= 4 is 11.6 Å². The molecule has 0 fully saturated rings. The summed E-state index contributed by atoms with van der Waals surface area (Å²) in [5.74, 6) is 0.754. The largest absolute Gasteiger partial charge is 0.497 e. The summed E-state index contributed by atoms with van der Waals surface area (Å²) in [5, 5.41) is 0. The molecule has 0 unspecified atom stereocenters. The van der Waals surface area contributed by atoms with Crippen molar-refractivity contribution in [2.45, 2.75) is 13.0 Å². The normalized spacial score (nSPS) is 10.3. The highest BCUT2D eigenvalue weighted by molar-refractivity contribution is 5.94. The van der Waals surface area contributed by atoms with Crippen molar-refractivity contribution in [2.75, 3.05) is 12.0 Å². The number of hydrogen-bond donors (Lipinski definition) is 0. The van der Waals surface area contributed by atoms with Crippen LogP contribution in [0.5, 0.6) is 5.75 Å². The summed E-state index contributed by atoms with van der Waals surface area (Å²) in [6.07, 6.45) is 3.85. The smallest absolute Gasteiger partial charge is 0.231 e. The van der Waals surface area contributed by atoms with E-state index in [0.29, 0.717) is 13.0 Å². The Bertz CT molecular complexity index is 820. The van der Waals surface area contributed by atoms with Gasteiger partial charge in [0.25, 0.3) is 0 Å². The molecule has 0 bridgehead atoms. The summed E-state index contributed by atoms with van der Waals surface area (Å²) in [4.78, 5) is 18.9. The summed E-state index contributed by atoms with van der Waals surface area (Å²) in [6.45, 7) is 0.465. The number of anilines is 1. The molecule has 1 amide bonds. The van der Waals surface area contributed by atoms with E-state index < -0.39 is 0 Å². The third kappa shape index (κ3) is 4.44. The van der Waals surface area contributed by atoms with Gasteiger partial charge in [-0.05, 0) is 29.3 Å². The zero-order chi connectivity index (χ0) is 17.5. The van der Waals surface area contributed by atoms with Gasteiger partial charge in [0.1, 0.15) is 5.75 Å². The molecule has 1 heterocycles. The molecule has 4 nitrogen and oxygen atoms in total. The van der Waals surface area contributed by atoms with Gasteiger partial charge in [0.2, 0.25) is 5.91 Å². The number of pyridine rings is 1. The summed E-state index contributed by atoms with van der Waals surface area (Å²) in [7, 11) is 1.62. The topological polar surface area (TPSA) is 42.4 Å². The van der Waals surface area contributed by atoms with Gasteiger partial charge < -0.3 is 9.64 Å². The molecule has 0 N–H and O–H groups in total. The number of rotatable bonds is 6. The number of nitrogens with zero attached hydrogens (tertiary/aromatic N) is 2. The number of methoxy groups -OCH3 is 1. The molecule has 3 aromatic rings. The second kappa shape index (κ2) is 8.11. The van der Waals surface area contributed by atoms with E-state index in [9.17, 15) is 4.79 Å². The Balaban J connectivity index is 1.89. The molecule has 0 atom stereocenters. The number of carbonyl (C=O) groups is 1. The number of amides is 1. The fourth-order valence-corrected chi connectivity index (χ4v) is 2.64. The lowest BCUT2D eigenvalue weighted by molar-refractivity contribution is -0.118. The average Bonchev–Trinajstić information content (AvgIpc) is 2.67. The quantitative estimate of drug-likeness (QED) is 0.688. The van der Waals surface area contributed by atoms with E-state index in [0.717, 1.165) is 22.6 Å². The van der Waals surface area contributed by atoms with Crippen molar-refractivity contribution in [1.29, 1.82) is 0 Å². The van der Waals surface area contributed by atoms with Gasteiger partial charge in [-0.1, -0.05) is 42.5 Å². The zero-order valence-corrected chi connectivity index (χ0v) is 14.1. The standard InChI is InChI=1S/C21H20N2O2/c1-25-20-11-5-10-19(14-20)23(16-18-9-6-12-22-15-18)21(24)13-17-7-3-2-4-8-17/h2-12,14-15H,13,16H2,1H3. The highest BCUT2D eigenvalue weighted by Crippen LogP contribution is 2.23. The summed E-state index contributed by atoms with van der Waals surface area (Å²) >= 11 is 0. The van der Waals surface area contributed by atoms with Crippen LogP contribution in [-0.2, 0) is 17.8 Å². The summed E-state index contributed by atoms with van der Waals surface area (Å²) in [5.41, 5.74) is 2.78. The first-order chi connectivity index (χ1) is 12.3. The Morgan fingerprint density at radius 1 is 1.00 bits per heavy atom. The Kier molecular flexibility index (Phi) is 5.42. The molecule has 4 heteroatoms. The third-order valence-electron chi connectivity index (χ3n) is 3.93. The fourth-order valence-electron chi connectivity index (χ4n) is 2.64. The molecule has 0 aliphatic carbocycles. The molecule has 0 spiro atoms. The summed E-state index contributed by atoms with van der Waals surface area (Å²) in [6, 6.07) is 21.2. The van der Waals surface area contributed by atoms with Crippen LogP contribution in [0, 0.1) is 0 Å². The van der Waals surface area contributed by atoms with E-state index in [4.69, 9.17) is 4.74 Å². The third-order valence-corrected chi connectivity index (χ3v) is 3.93. The minimum Gasteiger partial charge on any atom is -0.497 e. The van der Waals surface area contributed by atoms with Crippen LogP contribution in [0.1, 0.15) is 11.1 Å². The SMILES string of the molecule is COc1cccc(N(Cc2cccnc2)C(=O)Cc2ccccc2)c1. The molecule has 2 aromatic carbocycles. The molecule has 0 aliphatic rings. The van der Waals surface area contributed by atoms with Gasteiger partial charge in [0.05, 0.1) is 20.1 Å². The molecule has 126 valence electrons.